The van der Waals surface area contributed by atoms with Gasteiger partial charge in [0.1, 0.15) is 0 Å². The van der Waals surface area contributed by atoms with Crippen molar-refractivity contribution in [3.8, 4) is 0 Å². The van der Waals surface area contributed by atoms with E-state index in [9.17, 15) is 13.2 Å². The molecule has 0 unspecified atom stereocenters. The van der Waals surface area contributed by atoms with Gasteiger partial charge in [-0.05, 0) is 24.0 Å². The van der Waals surface area contributed by atoms with Gasteiger partial charge in [0.05, 0.1) is 5.56 Å². The van der Waals surface area contributed by atoms with Crippen LogP contribution in [0.3, 0.4) is 0 Å². The molecule has 1 aromatic rings. The van der Waals surface area contributed by atoms with Crippen molar-refractivity contribution in [3.05, 3.63) is 59.9 Å². The molecule has 1 nitrogen and oxygen atoms in total. The molecule has 0 bridgehead atoms. The van der Waals surface area contributed by atoms with Crippen molar-refractivity contribution in [3.63, 3.8) is 0 Å². The summed E-state index contributed by atoms with van der Waals surface area (Å²) >= 11 is 0. The van der Waals surface area contributed by atoms with Gasteiger partial charge in [0.2, 0.25) is 0 Å². The van der Waals surface area contributed by atoms with Crippen LogP contribution in [-0.2, 0) is 6.18 Å². The van der Waals surface area contributed by atoms with Crippen molar-refractivity contribution in [1.29, 1.82) is 0 Å². The van der Waals surface area contributed by atoms with Crippen molar-refractivity contribution < 1.29 is 13.2 Å². The summed E-state index contributed by atoms with van der Waals surface area (Å²) in [6, 6.07) is 5.39. The highest BCUT2D eigenvalue weighted by Gasteiger charge is 2.30. The minimum absolute atomic E-state index is 0.0939. The van der Waals surface area contributed by atoms with Crippen LogP contribution in [0.15, 0.2) is 48.8 Å². The molecule has 0 atom stereocenters. The van der Waals surface area contributed by atoms with E-state index in [1.54, 1.807) is 18.5 Å². The van der Waals surface area contributed by atoms with Crippen LogP contribution in [0.5, 0.6) is 0 Å². The topological polar surface area (TPSA) is 12.0 Å². The Labute approximate surface area is 91.3 Å². The molecule has 84 valence electrons. The molecule has 0 saturated heterocycles. The summed E-state index contributed by atoms with van der Waals surface area (Å²) in [6.45, 7) is 0. The first-order valence-electron chi connectivity index (χ1n) is 4.84. The van der Waals surface area contributed by atoms with E-state index in [4.69, 9.17) is 0 Å². The largest absolute Gasteiger partial charge is 0.416 e. The third-order valence-electron chi connectivity index (χ3n) is 2.40. The van der Waals surface area contributed by atoms with Gasteiger partial charge in [-0.15, -0.1) is 0 Å². The molecule has 1 aliphatic heterocycles. The van der Waals surface area contributed by atoms with Crippen molar-refractivity contribution in [2.24, 2.45) is 0 Å². The average molecular weight is 225 g/mol. The van der Waals surface area contributed by atoms with Crippen LogP contribution in [0.4, 0.5) is 13.2 Å². The highest BCUT2D eigenvalue weighted by Crippen LogP contribution is 2.31. The maximum Gasteiger partial charge on any atom is 0.416 e. The summed E-state index contributed by atoms with van der Waals surface area (Å²) in [7, 11) is 0. The summed E-state index contributed by atoms with van der Waals surface area (Å²) in [5.41, 5.74) is 0.0363. The summed E-state index contributed by atoms with van der Waals surface area (Å²) in [6.07, 6.45) is 2.77. The molecule has 16 heavy (non-hydrogen) atoms. The Morgan fingerprint density at radius 3 is 2.38 bits per heavy atom. The van der Waals surface area contributed by atoms with Crippen LogP contribution in [0.2, 0.25) is 0 Å². The number of dihydropyridines is 1. The van der Waals surface area contributed by atoms with Crippen molar-refractivity contribution in [2.75, 3.05) is 0 Å². The van der Waals surface area contributed by atoms with Gasteiger partial charge in [0.15, 0.2) is 0 Å². The summed E-state index contributed by atoms with van der Waals surface area (Å²) < 4.78 is 37.5. The first-order chi connectivity index (χ1) is 7.57. The molecule has 0 saturated carbocycles. The molecule has 0 spiro atoms. The highest BCUT2D eigenvalue weighted by molar-refractivity contribution is 5.34. The van der Waals surface area contributed by atoms with Gasteiger partial charge in [-0.3, -0.25) is 0 Å². The van der Waals surface area contributed by atoms with Gasteiger partial charge in [0, 0.05) is 5.92 Å². The van der Waals surface area contributed by atoms with Gasteiger partial charge in [-0.2, -0.15) is 13.2 Å². The summed E-state index contributed by atoms with van der Waals surface area (Å²) in [5.74, 6) is -0.0939. The van der Waals surface area contributed by atoms with E-state index >= 15 is 0 Å². The molecule has 0 amide bonds. The normalized spacial score (nSPS) is 16.2. The Morgan fingerprint density at radius 2 is 1.75 bits per heavy atom. The SMILES string of the molecule is FC(F)(F)c1cccc(C2C=CNC=C2)c1. The second kappa shape index (κ2) is 4.04. The van der Waals surface area contributed by atoms with Crippen LogP contribution < -0.4 is 5.32 Å². The lowest BCUT2D eigenvalue weighted by atomic mass is 9.96. The van der Waals surface area contributed by atoms with E-state index in [2.05, 4.69) is 5.32 Å². The fourth-order valence-electron chi connectivity index (χ4n) is 1.58. The zero-order valence-electron chi connectivity index (χ0n) is 8.33. The van der Waals surface area contributed by atoms with Crippen LogP contribution >= 0.6 is 0 Å². The first kappa shape index (κ1) is 10.8. The van der Waals surface area contributed by atoms with Crippen LogP contribution in [0.25, 0.3) is 0 Å². The van der Waals surface area contributed by atoms with E-state index in [0.29, 0.717) is 5.56 Å². The molecule has 2 rings (SSSR count). The maximum atomic E-state index is 12.5. The number of allylic oxidation sites excluding steroid dienone is 2. The van der Waals surface area contributed by atoms with Crippen molar-refractivity contribution >= 4 is 0 Å². The molecule has 1 heterocycles. The lowest BCUT2D eigenvalue weighted by molar-refractivity contribution is -0.137. The quantitative estimate of drug-likeness (QED) is 0.772. The number of halogens is 3. The number of hydrogen-bond donors (Lipinski definition) is 1. The number of alkyl halides is 3. The molecule has 1 aliphatic rings. The number of hydrogen-bond acceptors (Lipinski definition) is 1. The van der Waals surface area contributed by atoms with Gasteiger partial charge in [-0.25, -0.2) is 0 Å². The maximum absolute atomic E-state index is 12.5. The third-order valence-corrected chi connectivity index (χ3v) is 2.40. The number of benzene rings is 1. The molecule has 0 aliphatic carbocycles. The molecule has 1 N–H and O–H groups in total. The summed E-state index contributed by atoms with van der Waals surface area (Å²) in [5, 5.41) is 2.85. The Morgan fingerprint density at radius 1 is 1.06 bits per heavy atom. The van der Waals surface area contributed by atoms with Crippen LogP contribution in [-0.4, -0.2) is 0 Å². The third kappa shape index (κ3) is 2.27. The molecule has 0 aromatic heterocycles. The van der Waals surface area contributed by atoms with Gasteiger partial charge < -0.3 is 5.32 Å². The fraction of sp³-hybridized carbons (Fsp3) is 0.167. The highest BCUT2D eigenvalue weighted by atomic mass is 19.4. The van der Waals surface area contributed by atoms with Crippen molar-refractivity contribution in [2.45, 2.75) is 12.1 Å². The van der Waals surface area contributed by atoms with Gasteiger partial charge in [0.25, 0.3) is 0 Å². The molecule has 4 heteroatoms. The molecule has 0 fully saturated rings. The standard InChI is InChI=1S/C12H10F3N/c13-12(14,15)11-3-1-2-10(8-11)9-4-6-16-7-5-9/h1-9,16H. The van der Waals surface area contributed by atoms with E-state index < -0.39 is 11.7 Å². The first-order valence-corrected chi connectivity index (χ1v) is 4.84. The predicted molar refractivity (Wildman–Crippen MR) is 55.6 cm³/mol. The minimum atomic E-state index is -4.28. The Bertz CT molecular complexity index is 420. The van der Waals surface area contributed by atoms with Gasteiger partial charge >= 0.3 is 6.18 Å². The molecular formula is C12H10F3N. The number of nitrogens with one attached hydrogen (secondary N) is 1. The molecule has 0 radical (unpaired) electrons. The van der Waals surface area contributed by atoms with E-state index in [1.165, 1.54) is 12.1 Å². The van der Waals surface area contributed by atoms with Crippen LogP contribution in [0, 0.1) is 0 Å². The Kier molecular flexibility index (Phi) is 2.73. The Balaban J connectivity index is 2.32. The molecular weight excluding hydrogens is 215 g/mol. The zero-order chi connectivity index (χ0) is 11.6. The Hall–Kier alpha value is -1.71. The van der Waals surface area contributed by atoms with E-state index in [0.717, 1.165) is 6.07 Å². The van der Waals surface area contributed by atoms with Crippen LogP contribution in [0.1, 0.15) is 17.0 Å². The smallest absolute Gasteiger partial charge is 0.368 e. The second-order valence-corrected chi connectivity index (χ2v) is 3.53. The van der Waals surface area contributed by atoms with Gasteiger partial charge in [-0.1, -0.05) is 30.4 Å². The minimum Gasteiger partial charge on any atom is -0.368 e. The second-order valence-electron chi connectivity index (χ2n) is 3.53. The number of rotatable bonds is 1. The lowest BCUT2D eigenvalue weighted by Gasteiger charge is -2.14. The lowest BCUT2D eigenvalue weighted by Crippen LogP contribution is -2.07. The fourth-order valence-corrected chi connectivity index (χ4v) is 1.58. The zero-order valence-corrected chi connectivity index (χ0v) is 8.33. The van der Waals surface area contributed by atoms with E-state index in [-0.39, 0.29) is 5.92 Å². The molecule has 1 aromatic carbocycles. The van der Waals surface area contributed by atoms with Crippen molar-refractivity contribution in [1.82, 2.24) is 5.32 Å². The average Bonchev–Trinajstić information content (AvgIpc) is 2.29. The monoisotopic (exact) mass is 225 g/mol. The van der Waals surface area contributed by atoms with E-state index in [1.807, 2.05) is 12.2 Å². The summed E-state index contributed by atoms with van der Waals surface area (Å²) in [4.78, 5) is 0. The predicted octanol–water partition coefficient (Wildman–Crippen LogP) is 3.42.